The van der Waals surface area contributed by atoms with E-state index in [2.05, 4.69) is 36.1 Å². The first kappa shape index (κ1) is 19.6. The normalized spacial score (nSPS) is 44.8. The van der Waals surface area contributed by atoms with E-state index in [9.17, 15) is 0 Å². The van der Waals surface area contributed by atoms with Crippen molar-refractivity contribution in [2.75, 3.05) is 46.8 Å². The topological polar surface area (TPSA) is 70.5 Å². The molecule has 146 valence electrons. The van der Waals surface area contributed by atoms with Gasteiger partial charge in [0.2, 0.25) is 0 Å². The second kappa shape index (κ2) is 7.81. The van der Waals surface area contributed by atoms with Crippen molar-refractivity contribution in [2.45, 2.75) is 69.0 Å². The van der Waals surface area contributed by atoms with Gasteiger partial charge in [-0.05, 0) is 97.4 Å². The molecule has 0 aromatic carbocycles. The molecule has 0 amide bonds. The minimum absolute atomic E-state index is 0.0420. The Labute approximate surface area is 154 Å². The molecule has 0 aliphatic carbocycles. The maximum atomic E-state index is 7.08. The Morgan fingerprint density at radius 1 is 1.12 bits per heavy atom. The molecule has 3 unspecified atom stereocenters. The van der Waals surface area contributed by atoms with E-state index in [1.54, 1.807) is 0 Å². The number of nitrogens with zero attached hydrogens (tertiary/aromatic N) is 2. The molecule has 0 aromatic rings. The van der Waals surface area contributed by atoms with E-state index in [4.69, 9.17) is 11.5 Å². The summed E-state index contributed by atoms with van der Waals surface area (Å²) in [5.74, 6) is 1.32. The maximum Gasteiger partial charge on any atom is 0.0313 e. The Bertz CT molecular complexity index is 444. The Hall–Kier alpha value is -0.200. The predicted molar refractivity (Wildman–Crippen MR) is 106 cm³/mol. The highest BCUT2D eigenvalue weighted by molar-refractivity contribution is 5.04. The molecular formula is C20H41N5. The summed E-state index contributed by atoms with van der Waals surface area (Å²) in [5, 5.41) is 3.59. The van der Waals surface area contributed by atoms with Crippen molar-refractivity contribution < 1.29 is 0 Å². The fourth-order valence-electron chi connectivity index (χ4n) is 5.74. The molecule has 5 heteroatoms. The zero-order chi connectivity index (χ0) is 18.1. The molecule has 5 N–H and O–H groups in total. The van der Waals surface area contributed by atoms with Crippen LogP contribution in [0.2, 0.25) is 0 Å². The predicted octanol–water partition coefficient (Wildman–Crippen LogP) is 1.23. The van der Waals surface area contributed by atoms with Gasteiger partial charge in [-0.1, -0.05) is 0 Å². The molecule has 0 aromatic heterocycles. The molecule has 3 aliphatic rings. The summed E-state index contributed by atoms with van der Waals surface area (Å²) in [5.41, 5.74) is 13.8. The molecule has 3 heterocycles. The lowest BCUT2D eigenvalue weighted by Gasteiger charge is -2.49. The van der Waals surface area contributed by atoms with Crippen LogP contribution in [0.1, 0.15) is 51.9 Å². The Morgan fingerprint density at radius 3 is 2.64 bits per heavy atom. The third-order valence-electron chi connectivity index (χ3n) is 7.37. The minimum atomic E-state index is -0.0824. The smallest absolute Gasteiger partial charge is 0.0313 e. The largest absolute Gasteiger partial charge is 0.324 e. The lowest BCUT2D eigenvalue weighted by atomic mass is 9.67. The number of rotatable bonds is 4. The standard InChI is InChI=1S/C20H41N5/c1-16-11-17(6-10-25(16)3)12-20(22)14-23-8-5-18(20)13-19(21)7-4-9-24(2)15-19/h16-18,23H,4-15,21-22H2,1-3H3/t16?,17?,18?,19-,20-/m1/s1. The molecule has 5 nitrogen and oxygen atoms in total. The third-order valence-corrected chi connectivity index (χ3v) is 7.37. The number of nitrogens with one attached hydrogen (secondary N) is 1. The molecule has 3 fully saturated rings. The van der Waals surface area contributed by atoms with Crippen molar-refractivity contribution in [3.05, 3.63) is 0 Å². The van der Waals surface area contributed by atoms with Crippen molar-refractivity contribution in [1.82, 2.24) is 15.1 Å². The summed E-state index contributed by atoms with van der Waals surface area (Å²) in [6.07, 6.45) is 8.40. The van der Waals surface area contributed by atoms with Crippen molar-refractivity contribution in [2.24, 2.45) is 23.3 Å². The number of nitrogens with two attached hydrogens (primary N) is 2. The summed E-state index contributed by atoms with van der Waals surface area (Å²) >= 11 is 0. The van der Waals surface area contributed by atoms with E-state index >= 15 is 0 Å². The van der Waals surface area contributed by atoms with Crippen LogP contribution >= 0.6 is 0 Å². The van der Waals surface area contributed by atoms with Crippen LogP contribution in [0.25, 0.3) is 0 Å². The Kier molecular flexibility index (Phi) is 6.11. The zero-order valence-corrected chi connectivity index (χ0v) is 16.8. The fourth-order valence-corrected chi connectivity index (χ4v) is 5.74. The second-order valence-electron chi connectivity index (χ2n) is 9.73. The average molecular weight is 352 g/mol. The van der Waals surface area contributed by atoms with Crippen molar-refractivity contribution in [3.63, 3.8) is 0 Å². The molecule has 0 radical (unpaired) electrons. The van der Waals surface area contributed by atoms with Crippen molar-refractivity contribution in [1.29, 1.82) is 0 Å². The van der Waals surface area contributed by atoms with Gasteiger partial charge >= 0.3 is 0 Å². The number of hydrogen-bond donors (Lipinski definition) is 3. The van der Waals surface area contributed by atoms with Crippen LogP contribution in [0.4, 0.5) is 0 Å². The minimum Gasteiger partial charge on any atom is -0.324 e. The van der Waals surface area contributed by atoms with Gasteiger partial charge in [0.05, 0.1) is 0 Å². The van der Waals surface area contributed by atoms with Crippen LogP contribution in [0.3, 0.4) is 0 Å². The van der Waals surface area contributed by atoms with E-state index in [0.29, 0.717) is 12.0 Å². The lowest BCUT2D eigenvalue weighted by Crippen LogP contribution is -2.63. The summed E-state index contributed by atoms with van der Waals surface area (Å²) in [6.45, 7) is 7.85. The number of piperidine rings is 3. The van der Waals surface area contributed by atoms with Gasteiger partial charge in [0, 0.05) is 30.2 Å². The van der Waals surface area contributed by atoms with Gasteiger partial charge in [-0.15, -0.1) is 0 Å². The summed E-state index contributed by atoms with van der Waals surface area (Å²) in [4.78, 5) is 4.89. The zero-order valence-electron chi connectivity index (χ0n) is 16.8. The van der Waals surface area contributed by atoms with E-state index in [1.165, 1.54) is 38.8 Å². The van der Waals surface area contributed by atoms with Crippen LogP contribution in [-0.2, 0) is 0 Å². The Morgan fingerprint density at radius 2 is 1.92 bits per heavy atom. The molecular weight excluding hydrogens is 310 g/mol. The molecule has 25 heavy (non-hydrogen) atoms. The van der Waals surface area contributed by atoms with E-state index < -0.39 is 0 Å². The second-order valence-corrected chi connectivity index (χ2v) is 9.73. The van der Waals surface area contributed by atoms with Crippen molar-refractivity contribution in [3.8, 4) is 0 Å². The first-order valence-electron chi connectivity index (χ1n) is 10.5. The van der Waals surface area contributed by atoms with E-state index in [-0.39, 0.29) is 11.1 Å². The summed E-state index contributed by atoms with van der Waals surface area (Å²) in [6, 6.07) is 0.685. The quantitative estimate of drug-likeness (QED) is 0.711. The van der Waals surface area contributed by atoms with Gasteiger partial charge in [-0.3, -0.25) is 0 Å². The SMILES string of the molecule is CC1CC(C[C@@]2(N)CNCCC2C[C@]2(N)CCCN(C)C2)CCN1C. The third kappa shape index (κ3) is 4.75. The molecule has 5 atom stereocenters. The average Bonchev–Trinajstić information content (AvgIpc) is 2.53. The maximum absolute atomic E-state index is 7.08. The van der Waals surface area contributed by atoms with Gasteiger partial charge in [-0.25, -0.2) is 0 Å². The highest BCUT2D eigenvalue weighted by Gasteiger charge is 2.44. The Balaban J connectivity index is 1.65. The van der Waals surface area contributed by atoms with Gasteiger partial charge in [0.15, 0.2) is 0 Å². The molecule has 3 aliphatic heterocycles. The van der Waals surface area contributed by atoms with Gasteiger partial charge in [-0.2, -0.15) is 0 Å². The fraction of sp³-hybridized carbons (Fsp3) is 1.00. The van der Waals surface area contributed by atoms with Gasteiger partial charge in [0.25, 0.3) is 0 Å². The van der Waals surface area contributed by atoms with Crippen LogP contribution in [0.5, 0.6) is 0 Å². The van der Waals surface area contributed by atoms with Crippen LogP contribution in [0, 0.1) is 11.8 Å². The van der Waals surface area contributed by atoms with Crippen molar-refractivity contribution >= 4 is 0 Å². The number of likely N-dealkylation sites (tertiary alicyclic amines) is 2. The monoisotopic (exact) mass is 351 g/mol. The summed E-state index contributed by atoms with van der Waals surface area (Å²) < 4.78 is 0. The molecule has 0 bridgehead atoms. The number of likely N-dealkylation sites (N-methyl/N-ethyl adjacent to an activating group) is 1. The highest BCUT2D eigenvalue weighted by atomic mass is 15.1. The van der Waals surface area contributed by atoms with E-state index in [0.717, 1.165) is 44.8 Å². The van der Waals surface area contributed by atoms with Crippen LogP contribution in [-0.4, -0.2) is 73.7 Å². The number of hydrogen-bond acceptors (Lipinski definition) is 5. The van der Waals surface area contributed by atoms with Crippen LogP contribution in [0.15, 0.2) is 0 Å². The van der Waals surface area contributed by atoms with Crippen LogP contribution < -0.4 is 16.8 Å². The molecule has 0 saturated carbocycles. The lowest BCUT2D eigenvalue weighted by molar-refractivity contribution is 0.0747. The first-order valence-corrected chi connectivity index (χ1v) is 10.5. The molecule has 3 saturated heterocycles. The summed E-state index contributed by atoms with van der Waals surface area (Å²) in [7, 11) is 4.46. The first-order chi connectivity index (χ1) is 11.8. The molecule has 3 rings (SSSR count). The van der Waals surface area contributed by atoms with Gasteiger partial charge < -0.3 is 26.6 Å². The molecule has 0 spiro atoms. The van der Waals surface area contributed by atoms with E-state index in [1.807, 2.05) is 0 Å². The van der Waals surface area contributed by atoms with Gasteiger partial charge in [0.1, 0.15) is 0 Å². The highest BCUT2D eigenvalue weighted by Crippen LogP contribution is 2.38.